The van der Waals surface area contributed by atoms with Crippen LogP contribution in [0.1, 0.15) is 15.4 Å². The second kappa shape index (κ2) is 7.16. The van der Waals surface area contributed by atoms with Crippen molar-refractivity contribution in [2.24, 2.45) is 0 Å². The number of thiazole rings is 1. The third-order valence-corrected chi connectivity index (χ3v) is 5.71. The molecule has 0 saturated carbocycles. The number of aromatic nitrogens is 4. The number of nitrogens with one attached hydrogen (secondary N) is 2. The van der Waals surface area contributed by atoms with Gasteiger partial charge in [0.2, 0.25) is 0 Å². The Bertz CT molecular complexity index is 1480. The van der Waals surface area contributed by atoms with Crippen LogP contribution in [0.3, 0.4) is 0 Å². The third-order valence-electron chi connectivity index (χ3n) is 4.82. The van der Waals surface area contributed by atoms with Crippen molar-refractivity contribution in [3.8, 4) is 11.3 Å². The van der Waals surface area contributed by atoms with E-state index in [0.29, 0.717) is 16.0 Å². The van der Waals surface area contributed by atoms with Gasteiger partial charge in [-0.3, -0.25) is 14.9 Å². The van der Waals surface area contributed by atoms with Crippen molar-refractivity contribution in [2.75, 3.05) is 5.32 Å². The average molecular weight is 413 g/mol. The molecule has 0 bridgehead atoms. The van der Waals surface area contributed by atoms with Crippen molar-refractivity contribution in [1.82, 2.24) is 19.9 Å². The number of H-pyrrole nitrogens is 1. The van der Waals surface area contributed by atoms with Crippen molar-refractivity contribution >= 4 is 44.1 Å². The first-order valence-corrected chi connectivity index (χ1v) is 10.0. The molecule has 0 aliphatic rings. The van der Waals surface area contributed by atoms with E-state index in [2.05, 4.69) is 43.5 Å². The molecule has 0 saturated heterocycles. The maximum atomic E-state index is 12.7. The highest BCUT2D eigenvalue weighted by atomic mass is 32.1. The molecule has 0 aliphatic carbocycles. The lowest BCUT2D eigenvalue weighted by Gasteiger charge is -2.05. The van der Waals surface area contributed by atoms with Crippen LogP contribution in [0, 0.1) is 6.92 Å². The van der Waals surface area contributed by atoms with Crippen LogP contribution in [0.4, 0.5) is 5.13 Å². The number of pyridine rings is 1. The molecule has 7 nitrogen and oxygen atoms in total. The number of aryl methyl sites for hydroxylation is 1. The molecular weight excluding hydrogens is 398 g/mol. The Labute approximate surface area is 174 Å². The molecule has 2 N–H and O–H groups in total. The number of carbonyl (C=O) groups is 1. The summed E-state index contributed by atoms with van der Waals surface area (Å²) in [5.41, 5.74) is 2.09. The van der Waals surface area contributed by atoms with Gasteiger partial charge in [-0.25, -0.2) is 15.0 Å². The molecule has 0 aliphatic heterocycles. The van der Waals surface area contributed by atoms with E-state index in [4.69, 9.17) is 0 Å². The summed E-state index contributed by atoms with van der Waals surface area (Å²) in [4.78, 5) is 41.0. The molecule has 3 heterocycles. The second-order valence-corrected chi connectivity index (χ2v) is 7.93. The number of hydrogen-bond donors (Lipinski definition) is 2. The smallest absolute Gasteiger partial charge is 0.276 e. The quantitative estimate of drug-likeness (QED) is 0.463. The van der Waals surface area contributed by atoms with Crippen molar-refractivity contribution in [1.29, 1.82) is 0 Å². The van der Waals surface area contributed by atoms with E-state index in [-0.39, 0.29) is 11.3 Å². The number of hydrogen-bond acceptors (Lipinski definition) is 6. The molecule has 30 heavy (non-hydrogen) atoms. The van der Waals surface area contributed by atoms with E-state index in [0.717, 1.165) is 26.9 Å². The number of benzene rings is 2. The zero-order chi connectivity index (χ0) is 20.7. The van der Waals surface area contributed by atoms with E-state index in [1.54, 1.807) is 0 Å². The molecule has 2 aromatic carbocycles. The molecule has 0 radical (unpaired) electrons. The van der Waals surface area contributed by atoms with Crippen molar-refractivity contribution < 1.29 is 4.79 Å². The Morgan fingerprint density at radius 3 is 2.80 bits per heavy atom. The summed E-state index contributed by atoms with van der Waals surface area (Å²) < 4.78 is 0. The molecule has 146 valence electrons. The Morgan fingerprint density at radius 1 is 1.07 bits per heavy atom. The van der Waals surface area contributed by atoms with Crippen LogP contribution < -0.4 is 10.9 Å². The minimum absolute atomic E-state index is 0.126. The summed E-state index contributed by atoms with van der Waals surface area (Å²) in [7, 11) is 0. The summed E-state index contributed by atoms with van der Waals surface area (Å²) in [6.07, 6.45) is 2.72. The molecule has 1 amide bonds. The monoisotopic (exact) mass is 413 g/mol. The van der Waals surface area contributed by atoms with E-state index in [9.17, 15) is 9.59 Å². The molecule has 8 heteroatoms. The molecule has 0 spiro atoms. The Kier molecular flexibility index (Phi) is 4.33. The lowest BCUT2D eigenvalue weighted by Crippen LogP contribution is -2.15. The number of aromatic amines is 1. The largest absolute Gasteiger partial charge is 0.313 e. The van der Waals surface area contributed by atoms with E-state index >= 15 is 0 Å². The topological polar surface area (TPSA) is 101 Å². The molecule has 5 aromatic rings. The molecule has 5 rings (SSSR count). The zero-order valence-electron chi connectivity index (χ0n) is 15.8. The number of carbonyl (C=O) groups excluding carboxylic acids is 1. The fourth-order valence-corrected chi connectivity index (χ4v) is 4.21. The first-order valence-electron chi connectivity index (χ1n) is 9.20. The van der Waals surface area contributed by atoms with E-state index in [1.165, 1.54) is 29.9 Å². The van der Waals surface area contributed by atoms with Crippen molar-refractivity contribution in [2.45, 2.75) is 6.92 Å². The van der Waals surface area contributed by atoms with Gasteiger partial charge in [-0.05, 0) is 23.8 Å². The molecule has 0 atom stereocenters. The maximum Gasteiger partial charge on any atom is 0.276 e. The zero-order valence-corrected chi connectivity index (χ0v) is 16.7. The fourth-order valence-electron chi connectivity index (χ4n) is 3.39. The number of nitrogens with zero attached hydrogens (tertiary/aromatic N) is 3. The van der Waals surface area contributed by atoms with Gasteiger partial charge in [0.15, 0.2) is 5.13 Å². The molecule has 3 aromatic heterocycles. The summed E-state index contributed by atoms with van der Waals surface area (Å²) >= 11 is 1.40. The minimum atomic E-state index is -0.432. The molecular formula is C22H15N5O2S. The fraction of sp³-hybridized carbons (Fsp3) is 0.0455. The molecule has 0 unspecified atom stereocenters. The predicted molar refractivity (Wildman–Crippen MR) is 118 cm³/mol. The highest BCUT2D eigenvalue weighted by Crippen LogP contribution is 2.34. The van der Waals surface area contributed by atoms with Crippen LogP contribution in [-0.2, 0) is 0 Å². The van der Waals surface area contributed by atoms with E-state index < -0.39 is 5.91 Å². The van der Waals surface area contributed by atoms with Gasteiger partial charge in [0.05, 0.1) is 29.1 Å². The van der Waals surface area contributed by atoms with Gasteiger partial charge >= 0.3 is 0 Å². The second-order valence-electron chi connectivity index (χ2n) is 6.72. The number of anilines is 1. The van der Waals surface area contributed by atoms with Crippen LogP contribution in [-0.4, -0.2) is 25.8 Å². The summed E-state index contributed by atoms with van der Waals surface area (Å²) in [6.45, 7) is 1.98. The number of fused-ring (bicyclic) bond motifs is 2. The Morgan fingerprint density at radius 2 is 1.90 bits per heavy atom. The Hall–Kier alpha value is -3.91. The van der Waals surface area contributed by atoms with Gasteiger partial charge in [-0.15, -0.1) is 11.3 Å². The standard InChI is InChI=1S/C22H15N5O2S/c1-12-19(15-8-4-6-13-5-2-3-7-14(13)15)26-22(30-12)27-21(29)17-9-16-18(10-23-17)24-11-25-20(16)28/h2-11H,1H3,(H,24,25,28)(H,26,27,29). The predicted octanol–water partition coefficient (Wildman–Crippen LogP) is 4.16. The lowest BCUT2D eigenvalue weighted by atomic mass is 10.0. The average Bonchev–Trinajstić information content (AvgIpc) is 3.13. The van der Waals surface area contributed by atoms with Crippen LogP contribution in [0.25, 0.3) is 32.9 Å². The van der Waals surface area contributed by atoms with Gasteiger partial charge in [0.1, 0.15) is 5.69 Å². The van der Waals surface area contributed by atoms with Crippen LogP contribution in [0.2, 0.25) is 0 Å². The highest BCUT2D eigenvalue weighted by Gasteiger charge is 2.16. The minimum Gasteiger partial charge on any atom is -0.313 e. The van der Waals surface area contributed by atoms with Gasteiger partial charge in [-0.1, -0.05) is 42.5 Å². The summed E-state index contributed by atoms with van der Waals surface area (Å²) in [6, 6.07) is 15.6. The van der Waals surface area contributed by atoms with Gasteiger partial charge in [0, 0.05) is 10.4 Å². The van der Waals surface area contributed by atoms with Crippen LogP contribution in [0.5, 0.6) is 0 Å². The molecule has 0 fully saturated rings. The number of amides is 1. The van der Waals surface area contributed by atoms with Crippen molar-refractivity contribution in [3.63, 3.8) is 0 Å². The Balaban J connectivity index is 1.49. The van der Waals surface area contributed by atoms with Crippen LogP contribution in [0.15, 0.2) is 65.8 Å². The normalized spacial score (nSPS) is 11.1. The highest BCUT2D eigenvalue weighted by molar-refractivity contribution is 7.16. The van der Waals surface area contributed by atoms with Crippen molar-refractivity contribution in [3.05, 3.63) is 82.0 Å². The summed E-state index contributed by atoms with van der Waals surface area (Å²) in [5, 5.41) is 5.82. The summed E-state index contributed by atoms with van der Waals surface area (Å²) in [5.74, 6) is -0.432. The first kappa shape index (κ1) is 18.1. The van der Waals surface area contributed by atoms with Crippen LogP contribution >= 0.6 is 11.3 Å². The van der Waals surface area contributed by atoms with E-state index in [1.807, 2.05) is 31.2 Å². The van der Waals surface area contributed by atoms with Gasteiger partial charge in [-0.2, -0.15) is 0 Å². The first-order chi connectivity index (χ1) is 14.6. The SMILES string of the molecule is Cc1sc(NC(=O)c2cc3c(=O)[nH]cnc3cn2)nc1-c1cccc2ccccc12. The number of rotatable bonds is 3. The maximum absolute atomic E-state index is 12.7. The van der Waals surface area contributed by atoms with Gasteiger partial charge < -0.3 is 4.98 Å². The third kappa shape index (κ3) is 3.13. The van der Waals surface area contributed by atoms with Gasteiger partial charge in [0.25, 0.3) is 11.5 Å². The lowest BCUT2D eigenvalue weighted by molar-refractivity contribution is 0.102.